The van der Waals surface area contributed by atoms with Crippen LogP contribution in [0.15, 0.2) is 30.3 Å². The number of rotatable bonds is 4. The van der Waals surface area contributed by atoms with Crippen molar-refractivity contribution in [1.29, 1.82) is 0 Å². The maximum atomic E-state index is 6.49. The van der Waals surface area contributed by atoms with E-state index < -0.39 is 5.79 Å². The van der Waals surface area contributed by atoms with Crippen LogP contribution in [0.1, 0.15) is 51.0 Å². The van der Waals surface area contributed by atoms with Gasteiger partial charge in [-0.3, -0.25) is 4.90 Å². The van der Waals surface area contributed by atoms with Crippen molar-refractivity contribution in [2.45, 2.75) is 62.9 Å². The van der Waals surface area contributed by atoms with E-state index in [9.17, 15) is 0 Å². The first-order chi connectivity index (χ1) is 10.8. The molecule has 0 radical (unpaired) electrons. The standard InChI is InChI=1S/C19H27NO2/c1-2-3-13-20-14-17-15-21-19(22-17)12-8-7-11-18(19,20)16-9-5-4-6-10-16/h4-6,9-10,17H,2-3,7-8,11-15H2,1H3. The molecule has 0 aromatic heterocycles. The molecule has 0 N–H and O–H groups in total. The Morgan fingerprint density at radius 3 is 2.82 bits per heavy atom. The van der Waals surface area contributed by atoms with Crippen molar-refractivity contribution in [3.05, 3.63) is 35.9 Å². The van der Waals surface area contributed by atoms with Gasteiger partial charge in [0.15, 0.2) is 5.79 Å². The Morgan fingerprint density at radius 2 is 2.00 bits per heavy atom. The molecular formula is C19H27NO2. The first-order valence-electron chi connectivity index (χ1n) is 8.93. The van der Waals surface area contributed by atoms with Crippen molar-refractivity contribution in [2.75, 3.05) is 19.7 Å². The van der Waals surface area contributed by atoms with Gasteiger partial charge >= 0.3 is 0 Å². The van der Waals surface area contributed by atoms with E-state index in [0.29, 0.717) is 0 Å². The Balaban J connectivity index is 1.81. The summed E-state index contributed by atoms with van der Waals surface area (Å²) in [6, 6.07) is 11.0. The summed E-state index contributed by atoms with van der Waals surface area (Å²) in [5.74, 6) is -0.413. The van der Waals surface area contributed by atoms with Crippen molar-refractivity contribution < 1.29 is 9.47 Å². The van der Waals surface area contributed by atoms with Crippen LogP contribution >= 0.6 is 0 Å². The third kappa shape index (κ3) is 1.99. The lowest BCUT2D eigenvalue weighted by atomic mass is 9.69. The second-order valence-corrected chi connectivity index (χ2v) is 7.04. The molecule has 4 rings (SSSR count). The van der Waals surface area contributed by atoms with E-state index in [0.717, 1.165) is 32.5 Å². The van der Waals surface area contributed by atoms with Crippen molar-refractivity contribution in [1.82, 2.24) is 4.90 Å². The molecule has 2 bridgehead atoms. The zero-order valence-electron chi connectivity index (χ0n) is 13.6. The zero-order valence-corrected chi connectivity index (χ0v) is 13.6. The van der Waals surface area contributed by atoms with Gasteiger partial charge in [-0.1, -0.05) is 50.1 Å². The minimum atomic E-state index is -0.413. The summed E-state index contributed by atoms with van der Waals surface area (Å²) >= 11 is 0. The molecule has 0 amide bonds. The Hall–Kier alpha value is -0.900. The highest BCUT2D eigenvalue weighted by Crippen LogP contribution is 2.56. The fraction of sp³-hybridized carbons (Fsp3) is 0.684. The fourth-order valence-corrected chi connectivity index (χ4v) is 4.83. The summed E-state index contributed by atoms with van der Waals surface area (Å²) in [5.41, 5.74) is 1.29. The van der Waals surface area contributed by atoms with Crippen LogP contribution in [-0.2, 0) is 15.0 Å². The number of hydrogen-bond acceptors (Lipinski definition) is 3. The lowest BCUT2D eigenvalue weighted by Crippen LogP contribution is -2.68. The lowest BCUT2D eigenvalue weighted by Gasteiger charge is -2.58. The third-order valence-corrected chi connectivity index (χ3v) is 5.78. The number of morpholine rings is 1. The molecule has 2 heterocycles. The van der Waals surface area contributed by atoms with Crippen molar-refractivity contribution in [2.24, 2.45) is 0 Å². The van der Waals surface area contributed by atoms with Gasteiger partial charge in [0.25, 0.3) is 0 Å². The molecule has 1 spiro atoms. The number of benzene rings is 1. The predicted octanol–water partition coefficient (Wildman–Crippen LogP) is 3.68. The summed E-state index contributed by atoms with van der Waals surface area (Å²) in [6.07, 6.45) is 7.39. The van der Waals surface area contributed by atoms with Gasteiger partial charge in [0.05, 0.1) is 12.7 Å². The smallest absolute Gasteiger partial charge is 0.191 e. The molecule has 3 aliphatic rings. The Kier molecular flexibility index (Phi) is 3.75. The van der Waals surface area contributed by atoms with Crippen LogP contribution in [0.4, 0.5) is 0 Å². The second kappa shape index (κ2) is 5.63. The summed E-state index contributed by atoms with van der Waals surface area (Å²) < 4.78 is 12.9. The Labute approximate surface area is 133 Å². The molecule has 120 valence electrons. The van der Waals surface area contributed by atoms with E-state index >= 15 is 0 Å². The molecule has 2 aliphatic heterocycles. The number of fused-ring (bicyclic) bond motifs is 1. The van der Waals surface area contributed by atoms with Crippen LogP contribution in [0, 0.1) is 0 Å². The Bertz CT molecular complexity index is 515. The highest BCUT2D eigenvalue weighted by atomic mass is 16.8. The molecule has 1 aromatic rings. The maximum Gasteiger partial charge on any atom is 0.191 e. The molecule has 1 aliphatic carbocycles. The van der Waals surface area contributed by atoms with Gasteiger partial charge in [0.2, 0.25) is 0 Å². The van der Waals surface area contributed by atoms with E-state index in [4.69, 9.17) is 9.47 Å². The van der Waals surface area contributed by atoms with Crippen LogP contribution in [0.2, 0.25) is 0 Å². The molecular weight excluding hydrogens is 274 g/mol. The first-order valence-corrected chi connectivity index (χ1v) is 8.93. The number of hydrogen-bond donors (Lipinski definition) is 0. The minimum absolute atomic E-state index is 0.0886. The highest BCUT2D eigenvalue weighted by Gasteiger charge is 2.65. The van der Waals surface area contributed by atoms with E-state index in [1.165, 1.54) is 31.2 Å². The van der Waals surface area contributed by atoms with Crippen LogP contribution < -0.4 is 0 Å². The van der Waals surface area contributed by atoms with Crippen LogP contribution in [0.3, 0.4) is 0 Å². The number of ether oxygens (including phenoxy) is 2. The summed E-state index contributed by atoms with van der Waals surface area (Å²) in [4.78, 5) is 2.70. The molecule has 3 unspecified atom stereocenters. The van der Waals surface area contributed by atoms with Gasteiger partial charge in [-0.25, -0.2) is 0 Å². The average molecular weight is 301 g/mol. The lowest BCUT2D eigenvalue weighted by molar-refractivity contribution is -0.299. The molecule has 3 nitrogen and oxygen atoms in total. The van der Waals surface area contributed by atoms with E-state index in [-0.39, 0.29) is 11.6 Å². The SMILES string of the molecule is CCCCN1CC2COC3(CCCCC13c1ccccc1)O2. The topological polar surface area (TPSA) is 21.7 Å². The van der Waals surface area contributed by atoms with Crippen LogP contribution in [0.25, 0.3) is 0 Å². The first kappa shape index (κ1) is 14.7. The van der Waals surface area contributed by atoms with Gasteiger partial charge in [0.1, 0.15) is 5.54 Å². The normalized spacial score (nSPS) is 38.0. The molecule has 3 fully saturated rings. The summed E-state index contributed by atoms with van der Waals surface area (Å²) in [6.45, 7) is 5.20. The molecule has 2 saturated heterocycles. The van der Waals surface area contributed by atoms with Gasteiger partial charge in [-0.05, 0) is 31.4 Å². The zero-order chi connectivity index (χ0) is 15.0. The fourth-order valence-electron chi connectivity index (χ4n) is 4.83. The molecule has 1 aromatic carbocycles. The van der Waals surface area contributed by atoms with Crippen LogP contribution in [0.5, 0.6) is 0 Å². The van der Waals surface area contributed by atoms with E-state index in [1.54, 1.807) is 0 Å². The second-order valence-electron chi connectivity index (χ2n) is 7.04. The molecule has 3 atom stereocenters. The molecule has 22 heavy (non-hydrogen) atoms. The van der Waals surface area contributed by atoms with Gasteiger partial charge in [0, 0.05) is 13.0 Å². The van der Waals surface area contributed by atoms with Gasteiger partial charge in [-0.2, -0.15) is 0 Å². The van der Waals surface area contributed by atoms with Crippen molar-refractivity contribution >= 4 is 0 Å². The maximum absolute atomic E-state index is 6.49. The van der Waals surface area contributed by atoms with Gasteiger partial charge in [-0.15, -0.1) is 0 Å². The average Bonchev–Trinajstić information content (AvgIpc) is 2.91. The van der Waals surface area contributed by atoms with Gasteiger partial charge < -0.3 is 9.47 Å². The highest BCUT2D eigenvalue weighted by molar-refractivity contribution is 5.31. The van der Waals surface area contributed by atoms with E-state index in [2.05, 4.69) is 42.2 Å². The van der Waals surface area contributed by atoms with Crippen molar-refractivity contribution in [3.8, 4) is 0 Å². The Morgan fingerprint density at radius 1 is 1.18 bits per heavy atom. The number of unbranched alkanes of at least 4 members (excludes halogenated alkanes) is 1. The minimum Gasteiger partial charge on any atom is -0.345 e. The molecule has 3 heteroatoms. The largest absolute Gasteiger partial charge is 0.345 e. The summed E-state index contributed by atoms with van der Waals surface area (Å²) in [7, 11) is 0. The van der Waals surface area contributed by atoms with E-state index in [1.807, 2.05) is 0 Å². The van der Waals surface area contributed by atoms with Crippen LogP contribution in [-0.4, -0.2) is 36.5 Å². The quantitative estimate of drug-likeness (QED) is 0.846. The molecule has 1 saturated carbocycles. The van der Waals surface area contributed by atoms with Crippen molar-refractivity contribution in [3.63, 3.8) is 0 Å². The predicted molar refractivity (Wildman–Crippen MR) is 86.6 cm³/mol. The summed E-state index contributed by atoms with van der Waals surface area (Å²) in [5, 5.41) is 0. The number of nitrogens with zero attached hydrogens (tertiary/aromatic N) is 1. The monoisotopic (exact) mass is 301 g/mol. The third-order valence-electron chi connectivity index (χ3n) is 5.78.